The maximum absolute atomic E-state index is 13.8. The third-order valence-corrected chi connectivity index (χ3v) is 8.44. The minimum Gasteiger partial charge on any atom is -0.493 e. The lowest BCUT2D eigenvalue weighted by Crippen LogP contribution is -2.48. The molecule has 8 heteroatoms. The van der Waals surface area contributed by atoms with Gasteiger partial charge < -0.3 is 25.0 Å². The number of nitrogens with zero attached hydrogens (tertiary/aromatic N) is 1. The molecule has 2 amide bonds. The second-order valence-electron chi connectivity index (χ2n) is 10.1. The zero-order valence-corrected chi connectivity index (χ0v) is 23.7. The number of para-hydroxylation sites is 2. The Balaban J connectivity index is 1.32. The molecule has 3 atom stereocenters. The first-order valence-corrected chi connectivity index (χ1v) is 14.6. The van der Waals surface area contributed by atoms with Crippen molar-refractivity contribution in [3.05, 3.63) is 89.3 Å². The monoisotopic (exact) mass is 557 g/mol. The molecule has 0 spiro atoms. The first kappa shape index (κ1) is 27.6. The number of carbonyl (C=O) groups is 2. The van der Waals surface area contributed by atoms with Gasteiger partial charge in [0.05, 0.1) is 12.0 Å². The molecule has 1 aliphatic carbocycles. The van der Waals surface area contributed by atoms with Gasteiger partial charge in [0.1, 0.15) is 0 Å². The van der Waals surface area contributed by atoms with Crippen LogP contribution in [0, 0.1) is 5.92 Å². The highest BCUT2D eigenvalue weighted by atomic mass is 32.2. The van der Waals surface area contributed by atoms with E-state index in [1.165, 1.54) is 6.42 Å². The summed E-state index contributed by atoms with van der Waals surface area (Å²) in [5.74, 6) is 1.19. The predicted molar refractivity (Wildman–Crippen MR) is 161 cm³/mol. The van der Waals surface area contributed by atoms with Crippen molar-refractivity contribution in [3.63, 3.8) is 0 Å². The van der Waals surface area contributed by atoms with Crippen molar-refractivity contribution in [2.75, 3.05) is 24.4 Å². The summed E-state index contributed by atoms with van der Waals surface area (Å²) < 4.78 is 11.3. The van der Waals surface area contributed by atoms with Gasteiger partial charge in [-0.1, -0.05) is 74.0 Å². The summed E-state index contributed by atoms with van der Waals surface area (Å²) in [4.78, 5) is 28.9. The standard InChI is InChI=1S/C32H35N3O4S/c1-22-11-9-10-16-26(22)35-31(37)29(40-32(35)34-25-14-7-4-8-15-25)20-23-17-18-27(28(19-23)38-2)39-21-30(36)33-24-12-5-3-6-13-24/h3-8,12-15,17-20,22,26,32,34H,9-11,16,21H2,1-2H3,(H,33,36)/b29-20-/t22-,26+,32?/m1/s1. The fraction of sp³-hybridized carbons (Fsp3) is 0.312. The molecule has 3 aromatic rings. The first-order valence-electron chi connectivity index (χ1n) is 13.7. The summed E-state index contributed by atoms with van der Waals surface area (Å²) in [7, 11) is 1.56. The minimum absolute atomic E-state index is 0.0501. The molecule has 1 saturated heterocycles. The largest absolute Gasteiger partial charge is 0.493 e. The number of anilines is 2. The number of hydrogen-bond donors (Lipinski definition) is 2. The van der Waals surface area contributed by atoms with Crippen molar-refractivity contribution in [1.82, 2.24) is 4.90 Å². The van der Waals surface area contributed by atoms with Crippen LogP contribution < -0.4 is 20.1 Å². The number of nitrogens with one attached hydrogen (secondary N) is 2. The molecule has 0 bridgehead atoms. The molecule has 1 saturated carbocycles. The van der Waals surface area contributed by atoms with Crippen LogP contribution in [0.5, 0.6) is 11.5 Å². The second kappa shape index (κ2) is 13.0. The van der Waals surface area contributed by atoms with Crippen LogP contribution in [0.2, 0.25) is 0 Å². The lowest BCUT2D eigenvalue weighted by atomic mass is 9.85. The average Bonchev–Trinajstić information content (AvgIpc) is 3.27. The molecule has 2 aliphatic rings. The number of methoxy groups -OCH3 is 1. The van der Waals surface area contributed by atoms with Crippen LogP contribution in [0.15, 0.2) is 83.8 Å². The van der Waals surface area contributed by atoms with Gasteiger partial charge in [0, 0.05) is 17.4 Å². The third-order valence-electron chi connectivity index (χ3n) is 7.33. The number of rotatable bonds is 9. The fourth-order valence-electron chi connectivity index (χ4n) is 5.27. The summed E-state index contributed by atoms with van der Waals surface area (Å²) in [6.07, 6.45) is 6.43. The summed E-state index contributed by atoms with van der Waals surface area (Å²) in [6, 6.07) is 24.9. The summed E-state index contributed by atoms with van der Waals surface area (Å²) >= 11 is 1.55. The van der Waals surface area contributed by atoms with Gasteiger partial charge in [-0.2, -0.15) is 0 Å². The Bertz CT molecular complexity index is 1350. The molecule has 1 aliphatic heterocycles. The van der Waals surface area contributed by atoms with Crippen LogP contribution in [0.3, 0.4) is 0 Å². The molecule has 1 unspecified atom stereocenters. The molecule has 208 valence electrons. The normalized spacial score (nSPS) is 21.8. The molecule has 0 radical (unpaired) electrons. The molecule has 7 nitrogen and oxygen atoms in total. The number of amides is 2. The van der Waals surface area contributed by atoms with Crippen LogP contribution in [-0.4, -0.2) is 42.0 Å². The van der Waals surface area contributed by atoms with Gasteiger partial charge >= 0.3 is 0 Å². The number of thioether (sulfide) groups is 1. The average molecular weight is 558 g/mol. The van der Waals surface area contributed by atoms with E-state index < -0.39 is 0 Å². The zero-order chi connectivity index (χ0) is 27.9. The topological polar surface area (TPSA) is 79.9 Å². The Kier molecular flexibility index (Phi) is 8.96. The lowest BCUT2D eigenvalue weighted by Gasteiger charge is -2.39. The Morgan fingerprint density at radius 1 is 0.975 bits per heavy atom. The van der Waals surface area contributed by atoms with Crippen LogP contribution in [0.25, 0.3) is 6.08 Å². The molecule has 3 aromatic carbocycles. The number of benzene rings is 3. The number of carbonyl (C=O) groups excluding carboxylic acids is 2. The van der Waals surface area contributed by atoms with E-state index in [1.807, 2.05) is 83.8 Å². The molecular formula is C32H35N3O4S. The van der Waals surface area contributed by atoms with E-state index in [0.29, 0.717) is 28.0 Å². The van der Waals surface area contributed by atoms with Gasteiger partial charge in [0.2, 0.25) is 0 Å². The molecular weight excluding hydrogens is 522 g/mol. The van der Waals surface area contributed by atoms with Crippen LogP contribution in [0.4, 0.5) is 11.4 Å². The quantitative estimate of drug-likeness (QED) is 0.289. The molecule has 0 aromatic heterocycles. The SMILES string of the molecule is COc1cc(/C=C2\SC(Nc3ccccc3)N([C@H]3CCCC[C@H]3C)C2=O)ccc1OCC(=O)Nc1ccccc1. The second-order valence-corrected chi connectivity index (χ2v) is 11.3. The molecule has 5 rings (SSSR count). The summed E-state index contributed by atoms with van der Waals surface area (Å²) in [5, 5.41) is 6.38. The zero-order valence-electron chi connectivity index (χ0n) is 22.8. The third kappa shape index (κ3) is 6.62. The Labute approximate surface area is 239 Å². The van der Waals surface area contributed by atoms with Crippen molar-refractivity contribution in [1.29, 1.82) is 0 Å². The number of hydrogen-bond acceptors (Lipinski definition) is 6. The van der Waals surface area contributed by atoms with Crippen molar-refractivity contribution in [2.24, 2.45) is 5.92 Å². The highest BCUT2D eigenvalue weighted by molar-refractivity contribution is 8.05. The highest BCUT2D eigenvalue weighted by Gasteiger charge is 2.42. The minimum atomic E-state index is -0.263. The van der Waals surface area contributed by atoms with Crippen LogP contribution in [0.1, 0.15) is 38.2 Å². The lowest BCUT2D eigenvalue weighted by molar-refractivity contribution is -0.129. The van der Waals surface area contributed by atoms with Crippen molar-refractivity contribution in [2.45, 2.75) is 44.1 Å². The van der Waals surface area contributed by atoms with E-state index in [9.17, 15) is 9.59 Å². The summed E-state index contributed by atoms with van der Waals surface area (Å²) in [6.45, 7) is 2.11. The smallest absolute Gasteiger partial charge is 0.262 e. The Morgan fingerprint density at radius 3 is 2.38 bits per heavy atom. The van der Waals surface area contributed by atoms with Crippen molar-refractivity contribution in [3.8, 4) is 11.5 Å². The van der Waals surface area contributed by atoms with Gasteiger partial charge in [0.15, 0.2) is 23.6 Å². The summed E-state index contributed by atoms with van der Waals surface area (Å²) in [5.41, 5.74) is 2.34. The van der Waals surface area contributed by atoms with E-state index in [4.69, 9.17) is 9.47 Å². The number of ether oxygens (including phenoxy) is 2. The van der Waals surface area contributed by atoms with E-state index in [0.717, 1.165) is 30.5 Å². The maximum atomic E-state index is 13.8. The molecule has 2 N–H and O–H groups in total. The van der Waals surface area contributed by atoms with E-state index in [1.54, 1.807) is 24.9 Å². The van der Waals surface area contributed by atoms with Crippen molar-refractivity contribution < 1.29 is 19.1 Å². The van der Waals surface area contributed by atoms with Gasteiger partial charge in [0.25, 0.3) is 11.8 Å². The van der Waals surface area contributed by atoms with E-state index >= 15 is 0 Å². The first-order chi connectivity index (χ1) is 19.5. The maximum Gasteiger partial charge on any atom is 0.262 e. The highest BCUT2D eigenvalue weighted by Crippen LogP contribution is 2.42. The fourth-order valence-corrected chi connectivity index (χ4v) is 6.49. The van der Waals surface area contributed by atoms with Gasteiger partial charge in [-0.25, -0.2) is 0 Å². The van der Waals surface area contributed by atoms with Crippen molar-refractivity contribution >= 4 is 41.0 Å². The van der Waals surface area contributed by atoms with E-state index in [2.05, 4.69) is 17.6 Å². The predicted octanol–water partition coefficient (Wildman–Crippen LogP) is 6.60. The van der Waals surface area contributed by atoms with E-state index in [-0.39, 0.29) is 30.0 Å². The van der Waals surface area contributed by atoms with Gasteiger partial charge in [-0.05, 0) is 66.8 Å². The Morgan fingerprint density at radius 2 is 1.68 bits per heavy atom. The molecule has 2 fully saturated rings. The van der Waals surface area contributed by atoms with Crippen LogP contribution >= 0.6 is 11.8 Å². The van der Waals surface area contributed by atoms with Gasteiger partial charge in [-0.3, -0.25) is 9.59 Å². The van der Waals surface area contributed by atoms with Crippen LogP contribution in [-0.2, 0) is 9.59 Å². The molecule has 1 heterocycles. The Hall–Kier alpha value is -3.91. The molecule has 40 heavy (non-hydrogen) atoms. The van der Waals surface area contributed by atoms with Gasteiger partial charge in [-0.15, -0.1) is 0 Å².